The third kappa shape index (κ3) is 2.41. The second-order valence-corrected chi connectivity index (χ2v) is 5.78. The molecule has 1 saturated heterocycles. The monoisotopic (exact) mass is 329 g/mol. The molecule has 0 radical (unpaired) electrons. The van der Waals surface area contributed by atoms with E-state index in [0.717, 1.165) is 4.90 Å². The second-order valence-electron chi connectivity index (χ2n) is 5.78. The second kappa shape index (κ2) is 5.64. The highest BCUT2D eigenvalue weighted by atomic mass is 19.1. The van der Waals surface area contributed by atoms with Gasteiger partial charge in [-0.05, 0) is 30.7 Å². The molecule has 0 saturated carbocycles. The van der Waals surface area contributed by atoms with Crippen molar-refractivity contribution < 1.29 is 14.3 Å². The Labute approximate surface area is 137 Å². The number of guanidine groups is 1. The molecule has 0 aromatic carbocycles. The lowest BCUT2D eigenvalue weighted by molar-refractivity contribution is -0.142. The number of hydrogen-bond acceptors (Lipinski definition) is 5. The van der Waals surface area contributed by atoms with Crippen LogP contribution in [0.15, 0.2) is 36.8 Å². The highest BCUT2D eigenvalue weighted by Gasteiger charge is 2.47. The fourth-order valence-corrected chi connectivity index (χ4v) is 2.64. The molecule has 1 aliphatic rings. The van der Waals surface area contributed by atoms with Gasteiger partial charge in [-0.3, -0.25) is 20.1 Å². The number of aromatic nitrogens is 2. The Morgan fingerprint density at radius 3 is 2.92 bits per heavy atom. The standard InChI is InChI=1S/C16H16FN5O2/c1-16(12(23)14(24)22(2)15(18)21-16)10-6-9(7-19-8-10)11-4-3-5-20-13(11)17/h3-8,12,23H,1-2H3,(H2,18,21)/t12-,16-/m1/s1. The molecule has 3 N–H and O–H groups in total. The summed E-state index contributed by atoms with van der Waals surface area (Å²) in [5, 5.41) is 21.1. The lowest BCUT2D eigenvalue weighted by Crippen LogP contribution is -2.66. The van der Waals surface area contributed by atoms with E-state index in [0.29, 0.717) is 11.1 Å². The van der Waals surface area contributed by atoms with Crippen molar-refractivity contribution in [1.29, 1.82) is 5.41 Å². The molecular weight excluding hydrogens is 313 g/mol. The van der Waals surface area contributed by atoms with Crippen LogP contribution in [0, 0.1) is 11.4 Å². The lowest BCUT2D eigenvalue weighted by Gasteiger charge is -2.43. The summed E-state index contributed by atoms with van der Waals surface area (Å²) in [6, 6.07) is 4.79. The highest BCUT2D eigenvalue weighted by Crippen LogP contribution is 2.31. The number of carbonyl (C=O) groups is 1. The number of aliphatic hydroxyl groups excluding tert-OH is 1. The zero-order valence-corrected chi connectivity index (χ0v) is 13.1. The first-order valence-electron chi connectivity index (χ1n) is 7.23. The molecule has 8 heteroatoms. The maximum Gasteiger partial charge on any atom is 0.260 e. The third-order valence-corrected chi connectivity index (χ3v) is 4.23. The van der Waals surface area contributed by atoms with Crippen molar-refractivity contribution in [2.24, 2.45) is 0 Å². The zero-order chi connectivity index (χ0) is 17.5. The zero-order valence-electron chi connectivity index (χ0n) is 13.1. The van der Waals surface area contributed by atoms with Gasteiger partial charge in [0, 0.05) is 36.8 Å². The summed E-state index contributed by atoms with van der Waals surface area (Å²) < 4.78 is 13.9. The first kappa shape index (κ1) is 16.0. The van der Waals surface area contributed by atoms with Crippen LogP contribution in [0.5, 0.6) is 0 Å². The van der Waals surface area contributed by atoms with Crippen molar-refractivity contribution in [2.45, 2.75) is 18.6 Å². The molecule has 2 aromatic heterocycles. The number of amides is 1. The van der Waals surface area contributed by atoms with Gasteiger partial charge in [0.05, 0.1) is 5.54 Å². The number of carbonyl (C=O) groups excluding carboxylic acids is 1. The van der Waals surface area contributed by atoms with E-state index in [1.807, 2.05) is 0 Å². The summed E-state index contributed by atoms with van der Waals surface area (Å²) in [5.41, 5.74) is -0.0602. The van der Waals surface area contributed by atoms with Gasteiger partial charge in [0.2, 0.25) is 5.95 Å². The van der Waals surface area contributed by atoms with Gasteiger partial charge in [0.1, 0.15) is 0 Å². The van der Waals surface area contributed by atoms with Gasteiger partial charge < -0.3 is 10.4 Å². The van der Waals surface area contributed by atoms with Crippen LogP contribution in [0.2, 0.25) is 0 Å². The Kier molecular flexibility index (Phi) is 3.76. The Morgan fingerprint density at radius 1 is 1.46 bits per heavy atom. The molecule has 124 valence electrons. The quantitative estimate of drug-likeness (QED) is 0.709. The normalized spacial score (nSPS) is 24.0. The van der Waals surface area contributed by atoms with E-state index in [2.05, 4.69) is 15.3 Å². The van der Waals surface area contributed by atoms with Crippen LogP contribution in [-0.2, 0) is 10.3 Å². The van der Waals surface area contributed by atoms with Gasteiger partial charge in [-0.15, -0.1) is 0 Å². The van der Waals surface area contributed by atoms with Crippen LogP contribution in [0.4, 0.5) is 4.39 Å². The summed E-state index contributed by atoms with van der Waals surface area (Å²) >= 11 is 0. The average molecular weight is 329 g/mol. The van der Waals surface area contributed by atoms with Crippen LogP contribution < -0.4 is 5.32 Å². The maximum atomic E-state index is 13.9. The van der Waals surface area contributed by atoms with Crippen LogP contribution in [-0.4, -0.2) is 45.0 Å². The number of nitrogens with one attached hydrogen (secondary N) is 2. The fraction of sp³-hybridized carbons (Fsp3) is 0.250. The third-order valence-electron chi connectivity index (χ3n) is 4.23. The van der Waals surface area contributed by atoms with Crippen molar-refractivity contribution in [1.82, 2.24) is 20.2 Å². The fourth-order valence-electron chi connectivity index (χ4n) is 2.64. The maximum absolute atomic E-state index is 13.9. The first-order chi connectivity index (χ1) is 11.3. The van der Waals surface area contributed by atoms with E-state index in [1.54, 1.807) is 25.1 Å². The number of hydrogen-bond donors (Lipinski definition) is 3. The van der Waals surface area contributed by atoms with Crippen molar-refractivity contribution in [3.05, 3.63) is 48.3 Å². The van der Waals surface area contributed by atoms with Crippen molar-refractivity contribution >= 4 is 11.9 Å². The summed E-state index contributed by atoms with van der Waals surface area (Å²) in [5.74, 6) is -1.37. The van der Waals surface area contributed by atoms with E-state index in [-0.39, 0.29) is 11.5 Å². The molecule has 0 aliphatic carbocycles. The van der Waals surface area contributed by atoms with Gasteiger partial charge in [-0.2, -0.15) is 4.39 Å². The van der Waals surface area contributed by atoms with Crippen LogP contribution in [0.25, 0.3) is 11.1 Å². The Morgan fingerprint density at radius 2 is 2.21 bits per heavy atom. The minimum atomic E-state index is -1.41. The van der Waals surface area contributed by atoms with Crippen LogP contribution >= 0.6 is 0 Å². The SMILES string of the molecule is CN1C(=N)N[C@](C)(c2cncc(-c3cccnc3F)c2)[C@H](O)C1=O. The molecule has 0 unspecified atom stereocenters. The number of rotatable bonds is 2. The average Bonchev–Trinajstić information content (AvgIpc) is 2.59. The summed E-state index contributed by atoms with van der Waals surface area (Å²) in [6.07, 6.45) is 2.88. The largest absolute Gasteiger partial charge is 0.380 e. The van der Waals surface area contributed by atoms with E-state index < -0.39 is 23.5 Å². The van der Waals surface area contributed by atoms with Gasteiger partial charge in [-0.25, -0.2) is 4.98 Å². The Balaban J connectivity index is 2.07. The number of halogens is 1. The molecule has 1 fully saturated rings. The van der Waals surface area contributed by atoms with Crippen molar-refractivity contribution in [3.63, 3.8) is 0 Å². The highest BCUT2D eigenvalue weighted by molar-refractivity contribution is 6.01. The van der Waals surface area contributed by atoms with Crippen LogP contribution in [0.1, 0.15) is 12.5 Å². The molecule has 2 atom stereocenters. The number of aliphatic hydroxyl groups is 1. The summed E-state index contributed by atoms with van der Waals surface area (Å²) in [7, 11) is 1.40. The predicted molar refractivity (Wildman–Crippen MR) is 84.4 cm³/mol. The molecule has 2 aromatic rings. The van der Waals surface area contributed by atoms with E-state index in [9.17, 15) is 14.3 Å². The molecular formula is C16H16FN5O2. The Hall–Kier alpha value is -2.87. The van der Waals surface area contributed by atoms with Gasteiger partial charge in [0.15, 0.2) is 12.1 Å². The lowest BCUT2D eigenvalue weighted by atomic mass is 9.84. The summed E-state index contributed by atoms with van der Waals surface area (Å²) in [4.78, 5) is 20.9. The first-order valence-corrected chi connectivity index (χ1v) is 7.23. The van der Waals surface area contributed by atoms with Crippen molar-refractivity contribution in [2.75, 3.05) is 7.05 Å². The molecule has 1 amide bonds. The minimum Gasteiger partial charge on any atom is -0.380 e. The molecule has 0 bridgehead atoms. The number of likely N-dealkylation sites (N-methyl/N-ethyl adjacent to an activating group) is 1. The van der Waals surface area contributed by atoms with Gasteiger partial charge in [0.25, 0.3) is 5.91 Å². The van der Waals surface area contributed by atoms with E-state index >= 15 is 0 Å². The number of nitrogens with zero attached hydrogens (tertiary/aromatic N) is 3. The van der Waals surface area contributed by atoms with Gasteiger partial charge >= 0.3 is 0 Å². The molecule has 3 heterocycles. The van der Waals surface area contributed by atoms with E-state index in [4.69, 9.17) is 5.41 Å². The predicted octanol–water partition coefficient (Wildman–Crippen LogP) is 0.855. The minimum absolute atomic E-state index is 0.134. The molecule has 1 aliphatic heterocycles. The summed E-state index contributed by atoms with van der Waals surface area (Å²) in [6.45, 7) is 1.59. The molecule has 7 nitrogen and oxygen atoms in total. The topological polar surface area (TPSA) is 102 Å². The Bertz CT molecular complexity index is 828. The van der Waals surface area contributed by atoms with E-state index in [1.165, 1.54) is 25.6 Å². The van der Waals surface area contributed by atoms with Crippen LogP contribution in [0.3, 0.4) is 0 Å². The van der Waals surface area contributed by atoms with Gasteiger partial charge in [-0.1, -0.05) is 0 Å². The molecule has 24 heavy (non-hydrogen) atoms. The number of pyridine rings is 2. The van der Waals surface area contributed by atoms with Crippen molar-refractivity contribution in [3.8, 4) is 11.1 Å². The smallest absolute Gasteiger partial charge is 0.260 e. The molecule has 0 spiro atoms. The molecule has 3 rings (SSSR count).